The van der Waals surface area contributed by atoms with Crippen molar-refractivity contribution >= 4 is 6.09 Å². The molecule has 2 aromatic rings. The number of alkyl halides is 3. The van der Waals surface area contributed by atoms with Gasteiger partial charge in [-0.25, -0.2) is 4.79 Å². The molecule has 0 saturated heterocycles. The number of hydrogen-bond acceptors (Lipinski definition) is 3. The van der Waals surface area contributed by atoms with Gasteiger partial charge in [-0.1, -0.05) is 42.5 Å². The van der Waals surface area contributed by atoms with Crippen molar-refractivity contribution in [2.45, 2.75) is 25.2 Å². The zero-order valence-corrected chi connectivity index (χ0v) is 13.3. The van der Waals surface area contributed by atoms with Gasteiger partial charge in [0.25, 0.3) is 0 Å². The number of carbonyl (C=O) groups excluding carboxylic acids is 1. The maximum absolute atomic E-state index is 13.6. The highest BCUT2D eigenvalue weighted by atomic mass is 19.4. The van der Waals surface area contributed by atoms with E-state index in [-0.39, 0.29) is 17.7 Å². The molecule has 1 atom stereocenters. The molecule has 130 valence electrons. The third-order valence-electron chi connectivity index (χ3n) is 3.72. The lowest BCUT2D eigenvalue weighted by Gasteiger charge is -2.33. The summed E-state index contributed by atoms with van der Waals surface area (Å²) in [6.07, 6.45) is -5.94. The van der Waals surface area contributed by atoms with E-state index in [1.54, 1.807) is 30.3 Å². The predicted molar refractivity (Wildman–Crippen MR) is 84.3 cm³/mol. The molecule has 2 aromatic carbocycles. The van der Waals surface area contributed by atoms with E-state index in [1.807, 2.05) is 11.4 Å². The Hall–Kier alpha value is -3.01. The molecule has 1 N–H and O–H groups in total. The summed E-state index contributed by atoms with van der Waals surface area (Å²) in [5, 5.41) is 10.6. The van der Waals surface area contributed by atoms with Crippen LogP contribution >= 0.6 is 0 Å². The van der Waals surface area contributed by atoms with Crippen LogP contribution in [0, 0.1) is 11.3 Å². The van der Waals surface area contributed by atoms with Crippen molar-refractivity contribution in [1.29, 1.82) is 5.26 Å². The van der Waals surface area contributed by atoms with Crippen LogP contribution in [0.2, 0.25) is 0 Å². The van der Waals surface area contributed by atoms with Crippen molar-refractivity contribution < 1.29 is 22.7 Å². The van der Waals surface area contributed by atoms with Gasteiger partial charge in [-0.05, 0) is 30.2 Å². The molecule has 0 aromatic heterocycles. The molecule has 1 unspecified atom stereocenters. The van der Waals surface area contributed by atoms with E-state index >= 15 is 0 Å². The van der Waals surface area contributed by atoms with Crippen LogP contribution in [0.1, 0.15) is 23.6 Å². The topological polar surface area (TPSA) is 62.1 Å². The molecule has 4 nitrogen and oxygen atoms in total. The second kappa shape index (κ2) is 7.26. The zero-order valence-electron chi connectivity index (χ0n) is 13.3. The van der Waals surface area contributed by atoms with Crippen LogP contribution in [0.4, 0.5) is 18.0 Å². The average molecular weight is 348 g/mol. The smallest absolute Gasteiger partial charge is 0.415 e. The maximum atomic E-state index is 13.6. The number of halogens is 3. The molecule has 2 rings (SSSR count). The molecule has 25 heavy (non-hydrogen) atoms. The van der Waals surface area contributed by atoms with Crippen LogP contribution in [0.15, 0.2) is 54.6 Å². The summed E-state index contributed by atoms with van der Waals surface area (Å²) >= 11 is 0. The number of nitrogens with zero attached hydrogens (tertiary/aromatic N) is 1. The number of ether oxygens (including phenoxy) is 1. The maximum Gasteiger partial charge on any atom is 0.415 e. The van der Waals surface area contributed by atoms with E-state index in [2.05, 4.69) is 0 Å². The van der Waals surface area contributed by atoms with Gasteiger partial charge >= 0.3 is 12.3 Å². The highest BCUT2D eigenvalue weighted by Crippen LogP contribution is 2.38. The van der Waals surface area contributed by atoms with Crippen molar-refractivity contribution in [2.75, 3.05) is 0 Å². The van der Waals surface area contributed by atoms with Crippen molar-refractivity contribution in [3.8, 4) is 6.07 Å². The number of amides is 1. The van der Waals surface area contributed by atoms with Crippen LogP contribution in [-0.2, 0) is 16.9 Å². The Morgan fingerprint density at radius 2 is 1.72 bits per heavy atom. The molecule has 0 saturated carbocycles. The molecule has 0 radical (unpaired) electrons. The normalized spacial score (nSPS) is 13.4. The number of rotatable bonds is 4. The summed E-state index contributed by atoms with van der Waals surface area (Å²) < 4.78 is 45.6. The fourth-order valence-corrected chi connectivity index (χ4v) is 2.15. The summed E-state index contributed by atoms with van der Waals surface area (Å²) in [7, 11) is 0. The summed E-state index contributed by atoms with van der Waals surface area (Å²) in [6.45, 7) is 0.701. The van der Waals surface area contributed by atoms with Gasteiger partial charge in [-0.15, -0.1) is 0 Å². The van der Waals surface area contributed by atoms with Crippen molar-refractivity contribution in [3.05, 3.63) is 71.3 Å². The van der Waals surface area contributed by atoms with E-state index in [0.29, 0.717) is 5.56 Å². The first-order valence-electron chi connectivity index (χ1n) is 7.32. The Bertz CT molecular complexity index is 768. The van der Waals surface area contributed by atoms with Crippen LogP contribution in [0.25, 0.3) is 0 Å². The molecule has 0 spiro atoms. The Balaban J connectivity index is 2.16. The summed E-state index contributed by atoms with van der Waals surface area (Å²) in [5.74, 6) is 0. The lowest BCUT2D eigenvalue weighted by molar-refractivity contribution is -0.193. The number of hydrogen-bond donors (Lipinski definition) is 1. The minimum atomic E-state index is -4.76. The Morgan fingerprint density at radius 3 is 2.24 bits per heavy atom. The average Bonchev–Trinajstić information content (AvgIpc) is 2.60. The van der Waals surface area contributed by atoms with Gasteiger partial charge in [0.1, 0.15) is 6.61 Å². The lowest BCUT2D eigenvalue weighted by Crippen LogP contribution is -2.54. The Kier molecular flexibility index (Phi) is 5.32. The minimum absolute atomic E-state index is 0.145. The van der Waals surface area contributed by atoms with Crippen LogP contribution in [0.3, 0.4) is 0 Å². The van der Waals surface area contributed by atoms with Gasteiger partial charge in [0.2, 0.25) is 0 Å². The van der Waals surface area contributed by atoms with Gasteiger partial charge in [0.05, 0.1) is 11.6 Å². The van der Waals surface area contributed by atoms with Gasteiger partial charge in [-0.3, -0.25) is 0 Å². The first-order chi connectivity index (χ1) is 11.8. The van der Waals surface area contributed by atoms with E-state index < -0.39 is 17.8 Å². The second-order valence-corrected chi connectivity index (χ2v) is 5.50. The fourth-order valence-electron chi connectivity index (χ4n) is 2.15. The molecule has 7 heteroatoms. The predicted octanol–water partition coefficient (Wildman–Crippen LogP) is 4.26. The number of nitriles is 1. The number of nitrogens with one attached hydrogen (secondary N) is 1. The molecule has 0 aliphatic carbocycles. The molecular weight excluding hydrogens is 333 g/mol. The standard InChI is InChI=1S/C18H15F3N2O2/c1-17(18(19,20)21,15-9-7-13(11-22)8-10-15)23-16(24)25-12-14-5-3-2-4-6-14/h2-10H,12H2,1H3,(H,23,24). The summed E-state index contributed by atoms with van der Waals surface area (Å²) in [5.41, 5.74) is -1.96. The van der Waals surface area contributed by atoms with E-state index in [9.17, 15) is 18.0 Å². The van der Waals surface area contributed by atoms with Crippen LogP contribution in [0.5, 0.6) is 0 Å². The lowest BCUT2D eigenvalue weighted by atomic mass is 9.91. The second-order valence-electron chi connectivity index (χ2n) is 5.50. The van der Waals surface area contributed by atoms with Crippen LogP contribution in [-0.4, -0.2) is 12.3 Å². The van der Waals surface area contributed by atoms with Gasteiger partial charge in [0.15, 0.2) is 5.54 Å². The molecule has 0 aliphatic rings. The van der Waals surface area contributed by atoms with Gasteiger partial charge in [-0.2, -0.15) is 18.4 Å². The van der Waals surface area contributed by atoms with Gasteiger partial charge in [0, 0.05) is 0 Å². The molecule has 1 amide bonds. The number of benzene rings is 2. The molecule has 0 bridgehead atoms. The monoisotopic (exact) mass is 348 g/mol. The largest absolute Gasteiger partial charge is 0.445 e. The third kappa shape index (κ3) is 4.29. The molecular formula is C18H15F3N2O2. The third-order valence-corrected chi connectivity index (χ3v) is 3.72. The zero-order chi connectivity index (χ0) is 18.5. The molecule has 0 fully saturated rings. The number of alkyl carbamates (subject to hydrolysis) is 1. The summed E-state index contributed by atoms with van der Waals surface area (Å²) in [6, 6.07) is 15.3. The minimum Gasteiger partial charge on any atom is -0.445 e. The SMILES string of the molecule is CC(NC(=O)OCc1ccccc1)(c1ccc(C#N)cc1)C(F)(F)F. The number of carbonyl (C=O) groups is 1. The molecule has 0 heterocycles. The van der Waals surface area contributed by atoms with E-state index in [0.717, 1.165) is 19.1 Å². The molecule has 0 aliphatic heterocycles. The summed E-state index contributed by atoms with van der Waals surface area (Å²) in [4.78, 5) is 11.9. The van der Waals surface area contributed by atoms with Crippen molar-refractivity contribution in [1.82, 2.24) is 5.32 Å². The first kappa shape index (κ1) is 18.3. The first-order valence-corrected chi connectivity index (χ1v) is 7.32. The van der Waals surface area contributed by atoms with E-state index in [1.165, 1.54) is 12.1 Å². The van der Waals surface area contributed by atoms with E-state index in [4.69, 9.17) is 10.00 Å². The van der Waals surface area contributed by atoms with Gasteiger partial charge < -0.3 is 10.1 Å². The van der Waals surface area contributed by atoms with Crippen molar-refractivity contribution in [3.63, 3.8) is 0 Å². The van der Waals surface area contributed by atoms with Crippen molar-refractivity contribution in [2.24, 2.45) is 0 Å². The highest BCUT2D eigenvalue weighted by molar-refractivity contribution is 5.69. The Labute approximate surface area is 142 Å². The quantitative estimate of drug-likeness (QED) is 0.898. The Morgan fingerprint density at radius 1 is 1.12 bits per heavy atom. The fraction of sp³-hybridized carbons (Fsp3) is 0.222. The highest BCUT2D eigenvalue weighted by Gasteiger charge is 2.53. The van der Waals surface area contributed by atoms with Crippen LogP contribution < -0.4 is 5.32 Å².